The van der Waals surface area contributed by atoms with E-state index in [0.29, 0.717) is 25.9 Å². The van der Waals surface area contributed by atoms with Crippen LogP contribution in [-0.2, 0) is 20.9 Å². The van der Waals surface area contributed by atoms with E-state index in [-0.39, 0.29) is 12.5 Å². The molecule has 0 unspecified atom stereocenters. The summed E-state index contributed by atoms with van der Waals surface area (Å²) in [4.78, 5) is 40.0. The van der Waals surface area contributed by atoms with Gasteiger partial charge in [-0.2, -0.15) is 0 Å². The highest BCUT2D eigenvalue weighted by Crippen LogP contribution is 2.36. The van der Waals surface area contributed by atoms with Gasteiger partial charge in [-0.25, -0.2) is 18.9 Å². The second-order valence-electron chi connectivity index (χ2n) is 9.13. The van der Waals surface area contributed by atoms with Crippen molar-refractivity contribution in [3.05, 3.63) is 35.9 Å². The van der Waals surface area contributed by atoms with Crippen molar-refractivity contribution in [1.29, 1.82) is 0 Å². The van der Waals surface area contributed by atoms with Gasteiger partial charge in [-0.3, -0.25) is 4.79 Å². The number of hydrogen-bond donors (Lipinski definition) is 0. The van der Waals surface area contributed by atoms with Crippen molar-refractivity contribution >= 4 is 18.1 Å². The third-order valence-corrected chi connectivity index (χ3v) is 6.06. The van der Waals surface area contributed by atoms with E-state index < -0.39 is 41.8 Å². The number of alkyl halides is 1. The molecule has 0 saturated carbocycles. The predicted octanol–water partition coefficient (Wildman–Crippen LogP) is 4.16. The molecule has 2 aliphatic rings. The lowest BCUT2D eigenvalue weighted by Crippen LogP contribution is -2.52. The average molecular weight is 435 g/mol. The second-order valence-corrected chi connectivity index (χ2v) is 9.13. The number of nitrogens with zero attached hydrogens (tertiary/aromatic N) is 2. The molecule has 0 N–H and O–H groups in total. The molecule has 2 fully saturated rings. The molecule has 1 aromatic rings. The van der Waals surface area contributed by atoms with Crippen LogP contribution < -0.4 is 0 Å². The topological polar surface area (TPSA) is 76.2 Å². The van der Waals surface area contributed by atoms with Crippen molar-refractivity contribution < 1.29 is 28.2 Å². The lowest BCUT2D eigenvalue weighted by Gasteiger charge is -2.35. The number of likely N-dealkylation sites (tertiary alicyclic amines) is 1. The van der Waals surface area contributed by atoms with E-state index in [1.165, 1.54) is 4.90 Å². The Hall–Kier alpha value is -2.64. The maximum Gasteiger partial charge on any atom is 0.417 e. The molecule has 2 aliphatic heterocycles. The molecule has 0 bridgehead atoms. The summed E-state index contributed by atoms with van der Waals surface area (Å²) in [6, 6.07) is 8.83. The molecular formula is C23H31FN2O5. The molecule has 0 aliphatic carbocycles. The lowest BCUT2D eigenvalue weighted by molar-refractivity contribution is -0.138. The van der Waals surface area contributed by atoms with Gasteiger partial charge >= 0.3 is 12.2 Å². The summed E-state index contributed by atoms with van der Waals surface area (Å²) in [6.07, 6.45) is -2.41. The van der Waals surface area contributed by atoms with Crippen molar-refractivity contribution in [1.82, 2.24) is 9.80 Å². The van der Waals surface area contributed by atoms with Crippen molar-refractivity contribution in [2.45, 2.75) is 65.0 Å². The van der Waals surface area contributed by atoms with Crippen LogP contribution >= 0.6 is 0 Å². The highest BCUT2D eigenvalue weighted by Gasteiger charge is 2.54. The first kappa shape index (κ1) is 23.0. The molecule has 0 radical (unpaired) electrons. The zero-order valence-electron chi connectivity index (χ0n) is 18.5. The Morgan fingerprint density at radius 1 is 1.19 bits per heavy atom. The van der Waals surface area contributed by atoms with Gasteiger partial charge in [0.15, 0.2) is 6.17 Å². The monoisotopic (exact) mass is 434 g/mol. The van der Waals surface area contributed by atoms with Crippen LogP contribution in [0.2, 0.25) is 0 Å². The fourth-order valence-corrected chi connectivity index (χ4v) is 4.61. The number of imide groups is 1. The van der Waals surface area contributed by atoms with Crippen LogP contribution in [0.25, 0.3) is 0 Å². The van der Waals surface area contributed by atoms with Crippen molar-refractivity contribution in [3.63, 3.8) is 0 Å². The van der Waals surface area contributed by atoms with Gasteiger partial charge in [-0.05, 0) is 38.2 Å². The Balaban J connectivity index is 1.54. The molecule has 1 aromatic carbocycles. The molecule has 2 saturated heterocycles. The number of piperidine rings is 1. The summed E-state index contributed by atoms with van der Waals surface area (Å²) in [7, 11) is 0. The highest BCUT2D eigenvalue weighted by molar-refractivity contribution is 5.96. The molecule has 2 heterocycles. The Labute approximate surface area is 182 Å². The summed E-state index contributed by atoms with van der Waals surface area (Å²) in [5, 5.41) is 0. The first-order valence-corrected chi connectivity index (χ1v) is 10.8. The van der Waals surface area contributed by atoms with Gasteiger partial charge in [0.1, 0.15) is 12.2 Å². The molecule has 0 aromatic heterocycles. The SMILES string of the molecule is CC(C)[C@@H]1N(C(=O)[C@@H](F)C2CCN(C(=O)OCc3ccccc3)CC2)C(=O)OC1(C)C. The van der Waals surface area contributed by atoms with Gasteiger partial charge in [-0.1, -0.05) is 44.2 Å². The maximum atomic E-state index is 15.2. The lowest BCUT2D eigenvalue weighted by atomic mass is 9.87. The molecular weight excluding hydrogens is 403 g/mol. The Morgan fingerprint density at radius 3 is 2.39 bits per heavy atom. The van der Waals surface area contributed by atoms with Crippen LogP contribution in [0, 0.1) is 11.8 Å². The minimum Gasteiger partial charge on any atom is -0.445 e. The summed E-state index contributed by atoms with van der Waals surface area (Å²) >= 11 is 0. The van der Waals surface area contributed by atoms with Crippen LogP contribution in [0.4, 0.5) is 14.0 Å². The molecule has 0 spiro atoms. The third-order valence-electron chi connectivity index (χ3n) is 6.06. The van der Waals surface area contributed by atoms with Crippen molar-refractivity contribution in [3.8, 4) is 0 Å². The number of carbonyl (C=O) groups is 3. The number of halogens is 1. The Morgan fingerprint density at radius 2 is 1.81 bits per heavy atom. The van der Waals surface area contributed by atoms with Gasteiger partial charge < -0.3 is 14.4 Å². The molecule has 170 valence electrons. The maximum absolute atomic E-state index is 15.2. The summed E-state index contributed by atoms with van der Waals surface area (Å²) in [5.74, 6) is -1.48. The summed E-state index contributed by atoms with van der Waals surface area (Å²) in [6.45, 7) is 7.99. The molecule has 3 rings (SSSR count). The quantitative estimate of drug-likeness (QED) is 0.696. The van der Waals surface area contributed by atoms with Crippen LogP contribution in [0.3, 0.4) is 0 Å². The summed E-state index contributed by atoms with van der Waals surface area (Å²) in [5.41, 5.74) is 0.0206. The van der Waals surface area contributed by atoms with E-state index in [0.717, 1.165) is 10.5 Å². The summed E-state index contributed by atoms with van der Waals surface area (Å²) < 4.78 is 25.8. The number of amides is 3. The number of hydrogen-bond acceptors (Lipinski definition) is 5. The third kappa shape index (κ3) is 4.99. The number of rotatable bonds is 5. The number of carbonyl (C=O) groups excluding carboxylic acids is 3. The van der Waals surface area contributed by atoms with Crippen LogP contribution in [0.5, 0.6) is 0 Å². The highest BCUT2D eigenvalue weighted by atomic mass is 19.1. The van der Waals surface area contributed by atoms with Crippen molar-refractivity contribution in [2.24, 2.45) is 11.8 Å². The normalized spacial score (nSPS) is 22.4. The second kappa shape index (κ2) is 9.24. The van der Waals surface area contributed by atoms with Gasteiger partial charge in [0.05, 0.1) is 6.04 Å². The van der Waals surface area contributed by atoms with Gasteiger partial charge in [0, 0.05) is 19.0 Å². The fraction of sp³-hybridized carbons (Fsp3) is 0.609. The number of cyclic esters (lactones) is 1. The van der Waals surface area contributed by atoms with Crippen LogP contribution in [0.1, 0.15) is 46.1 Å². The number of ether oxygens (including phenoxy) is 2. The van der Waals surface area contributed by atoms with E-state index in [1.807, 2.05) is 44.2 Å². The molecule has 7 nitrogen and oxygen atoms in total. The minimum atomic E-state index is -1.81. The smallest absolute Gasteiger partial charge is 0.417 e. The standard InChI is InChI=1S/C23H31FN2O5/c1-15(2)19-23(3,4)31-22(29)26(19)20(27)18(24)17-10-12-25(13-11-17)21(28)30-14-16-8-6-5-7-9-16/h5-9,15,17-19H,10-14H2,1-4H3/t18-,19-/m0/s1. The average Bonchev–Trinajstić information content (AvgIpc) is 3.00. The Kier molecular flexibility index (Phi) is 6.86. The zero-order chi connectivity index (χ0) is 22.8. The number of benzene rings is 1. The van der Waals surface area contributed by atoms with Crippen LogP contribution in [-0.4, -0.2) is 58.8 Å². The van der Waals surface area contributed by atoms with E-state index >= 15 is 4.39 Å². The predicted molar refractivity (Wildman–Crippen MR) is 112 cm³/mol. The minimum absolute atomic E-state index is 0.0705. The fourth-order valence-electron chi connectivity index (χ4n) is 4.61. The zero-order valence-corrected chi connectivity index (χ0v) is 18.5. The molecule has 3 amide bonds. The van der Waals surface area contributed by atoms with Gasteiger partial charge in [0.2, 0.25) is 0 Å². The molecule has 31 heavy (non-hydrogen) atoms. The van der Waals surface area contributed by atoms with E-state index in [1.54, 1.807) is 13.8 Å². The van der Waals surface area contributed by atoms with Gasteiger partial charge in [0.25, 0.3) is 5.91 Å². The van der Waals surface area contributed by atoms with E-state index in [4.69, 9.17) is 9.47 Å². The first-order valence-electron chi connectivity index (χ1n) is 10.8. The Bertz CT molecular complexity index is 805. The van der Waals surface area contributed by atoms with E-state index in [9.17, 15) is 14.4 Å². The van der Waals surface area contributed by atoms with Gasteiger partial charge in [-0.15, -0.1) is 0 Å². The largest absolute Gasteiger partial charge is 0.445 e. The molecule has 2 atom stereocenters. The van der Waals surface area contributed by atoms with E-state index in [2.05, 4.69) is 0 Å². The first-order chi connectivity index (χ1) is 14.6. The van der Waals surface area contributed by atoms with Crippen molar-refractivity contribution in [2.75, 3.05) is 13.1 Å². The molecule has 8 heteroatoms. The van der Waals surface area contributed by atoms with Crippen LogP contribution in [0.15, 0.2) is 30.3 Å².